The Hall–Kier alpha value is -1.35. The molecule has 0 saturated carbocycles. The summed E-state index contributed by atoms with van der Waals surface area (Å²) in [6, 6.07) is 0. The molecule has 102 valence electrons. The lowest BCUT2D eigenvalue weighted by atomic mass is 9.96. The van der Waals surface area contributed by atoms with Crippen molar-refractivity contribution in [1.29, 1.82) is 0 Å². The zero-order chi connectivity index (χ0) is 13.8. The van der Waals surface area contributed by atoms with Gasteiger partial charge in [0.2, 0.25) is 5.82 Å². The van der Waals surface area contributed by atoms with Gasteiger partial charge in [-0.25, -0.2) is 18.2 Å². The lowest BCUT2D eigenvalue weighted by Crippen LogP contribution is -2.33. The topological polar surface area (TPSA) is 117 Å². The van der Waals surface area contributed by atoms with E-state index >= 15 is 0 Å². The lowest BCUT2D eigenvalue weighted by molar-refractivity contribution is 0.0682. The Morgan fingerprint density at radius 3 is 2.89 bits per heavy atom. The van der Waals surface area contributed by atoms with Crippen molar-refractivity contribution >= 4 is 27.6 Å². The van der Waals surface area contributed by atoms with Crippen LogP contribution in [0, 0.1) is 0 Å². The van der Waals surface area contributed by atoms with E-state index in [4.69, 9.17) is 5.11 Å². The van der Waals surface area contributed by atoms with Crippen molar-refractivity contribution in [2.45, 2.75) is 22.6 Å². The van der Waals surface area contributed by atoms with Crippen LogP contribution < -0.4 is 5.56 Å². The Morgan fingerprint density at radius 1 is 1.47 bits per heavy atom. The van der Waals surface area contributed by atoms with Crippen LogP contribution in [0.5, 0.6) is 0 Å². The number of fused-ring (bicyclic) bond motifs is 3. The van der Waals surface area contributed by atoms with E-state index in [1.54, 1.807) is 0 Å². The van der Waals surface area contributed by atoms with Crippen LogP contribution in [0.3, 0.4) is 0 Å². The van der Waals surface area contributed by atoms with E-state index in [0.29, 0.717) is 17.0 Å². The molecule has 2 unspecified atom stereocenters. The van der Waals surface area contributed by atoms with Gasteiger partial charge in [0, 0.05) is 11.2 Å². The third-order valence-corrected chi connectivity index (χ3v) is 6.63. The van der Waals surface area contributed by atoms with Crippen LogP contribution in [0.4, 0.5) is 0 Å². The molecular formula is C10H10N2O5S2. The molecule has 2 aliphatic heterocycles. The molecule has 3 rings (SSSR count). The zero-order valence-electron chi connectivity index (χ0n) is 9.62. The predicted molar refractivity (Wildman–Crippen MR) is 67.5 cm³/mol. The van der Waals surface area contributed by atoms with Gasteiger partial charge >= 0.3 is 5.97 Å². The standard InChI is InChI=1S/C10H10N2O5S2/c13-8-6-4-1-2-19(16,17)3-5(4)18-9(6)12-7(11-8)10(14)15/h4-5H,1-3H2,(H,14,15)(H,11,12,13). The van der Waals surface area contributed by atoms with Crippen molar-refractivity contribution in [3.63, 3.8) is 0 Å². The van der Waals surface area contributed by atoms with Gasteiger partial charge < -0.3 is 10.1 Å². The number of sulfone groups is 1. The van der Waals surface area contributed by atoms with Crippen LogP contribution in [0.2, 0.25) is 0 Å². The fraction of sp³-hybridized carbons (Fsp3) is 0.500. The number of carboxylic acid groups (broad SMARTS) is 1. The molecular weight excluding hydrogens is 292 g/mol. The molecule has 2 N–H and O–H groups in total. The van der Waals surface area contributed by atoms with E-state index in [-0.39, 0.29) is 22.7 Å². The maximum absolute atomic E-state index is 11.9. The number of aromatic amines is 1. The number of rotatable bonds is 1. The predicted octanol–water partition coefficient (Wildman–Crippen LogP) is -0.155. The van der Waals surface area contributed by atoms with Crippen molar-refractivity contribution in [3.8, 4) is 0 Å². The monoisotopic (exact) mass is 302 g/mol. The SMILES string of the molecule is O=C(O)c1nc2c(c(=O)[nH]1)C1CCS(=O)(=O)CC1S2. The summed E-state index contributed by atoms with van der Waals surface area (Å²) in [5.41, 5.74) is -0.0309. The Bertz CT molecular complexity index is 724. The number of hydrogen-bond acceptors (Lipinski definition) is 6. The summed E-state index contributed by atoms with van der Waals surface area (Å²) in [4.78, 5) is 28.9. The molecule has 1 aromatic heterocycles. The number of aromatic nitrogens is 2. The van der Waals surface area contributed by atoms with Gasteiger partial charge in [0.1, 0.15) is 5.03 Å². The van der Waals surface area contributed by atoms with Gasteiger partial charge in [-0.15, -0.1) is 11.8 Å². The molecule has 0 aromatic carbocycles. The van der Waals surface area contributed by atoms with E-state index in [2.05, 4.69) is 9.97 Å². The number of carbonyl (C=O) groups is 1. The second-order valence-corrected chi connectivity index (χ2v) is 8.06. The minimum absolute atomic E-state index is 0.0144. The minimum Gasteiger partial charge on any atom is -0.475 e. The number of nitrogens with zero attached hydrogens (tertiary/aromatic N) is 1. The van der Waals surface area contributed by atoms with Gasteiger partial charge in [0.15, 0.2) is 9.84 Å². The first-order chi connectivity index (χ1) is 8.87. The molecule has 3 heterocycles. The largest absolute Gasteiger partial charge is 0.475 e. The fourth-order valence-electron chi connectivity index (χ4n) is 2.51. The fourth-order valence-corrected chi connectivity index (χ4v) is 6.16. The van der Waals surface area contributed by atoms with E-state index in [1.807, 2.05) is 0 Å². The maximum Gasteiger partial charge on any atom is 0.372 e. The molecule has 0 radical (unpaired) electrons. The number of aromatic carboxylic acids is 1. The molecule has 9 heteroatoms. The van der Waals surface area contributed by atoms with Gasteiger partial charge in [-0.3, -0.25) is 4.79 Å². The summed E-state index contributed by atoms with van der Waals surface area (Å²) in [5, 5.41) is 8.97. The number of H-pyrrole nitrogens is 1. The van der Waals surface area contributed by atoms with Gasteiger partial charge in [-0.2, -0.15) is 0 Å². The van der Waals surface area contributed by atoms with Crippen LogP contribution in [0.25, 0.3) is 0 Å². The lowest BCUT2D eigenvalue weighted by Gasteiger charge is -2.23. The van der Waals surface area contributed by atoms with Crippen LogP contribution in [-0.2, 0) is 9.84 Å². The van der Waals surface area contributed by atoms with E-state index < -0.39 is 27.2 Å². The molecule has 1 aromatic rings. The van der Waals surface area contributed by atoms with Gasteiger partial charge in [-0.05, 0) is 6.42 Å². The van der Waals surface area contributed by atoms with Crippen molar-refractivity contribution in [3.05, 3.63) is 21.7 Å². The number of nitrogens with one attached hydrogen (secondary N) is 1. The van der Waals surface area contributed by atoms with Crippen molar-refractivity contribution in [2.75, 3.05) is 11.5 Å². The molecule has 0 bridgehead atoms. The number of carboxylic acids is 1. The molecule has 7 nitrogen and oxygen atoms in total. The first kappa shape index (κ1) is 12.7. The number of hydrogen-bond donors (Lipinski definition) is 2. The second kappa shape index (κ2) is 4.07. The molecule has 1 fully saturated rings. The van der Waals surface area contributed by atoms with Gasteiger partial charge in [0.25, 0.3) is 5.56 Å². The Balaban J connectivity index is 2.07. The summed E-state index contributed by atoms with van der Waals surface area (Å²) >= 11 is 1.19. The zero-order valence-corrected chi connectivity index (χ0v) is 11.3. The summed E-state index contributed by atoms with van der Waals surface area (Å²) in [6.45, 7) is 0. The third-order valence-electron chi connectivity index (χ3n) is 3.36. The average Bonchev–Trinajstić information content (AvgIpc) is 2.64. The molecule has 0 spiro atoms. The Kier molecular flexibility index (Phi) is 2.72. The Morgan fingerprint density at radius 2 is 2.21 bits per heavy atom. The quantitative estimate of drug-likeness (QED) is 0.692. The molecule has 2 atom stereocenters. The highest BCUT2D eigenvalue weighted by Gasteiger charge is 2.43. The summed E-state index contributed by atoms with van der Waals surface area (Å²) in [5.74, 6) is -1.78. The highest BCUT2D eigenvalue weighted by molar-refractivity contribution is 8.01. The van der Waals surface area contributed by atoms with E-state index in [1.165, 1.54) is 11.8 Å². The molecule has 2 aliphatic rings. The highest BCUT2D eigenvalue weighted by atomic mass is 32.2. The summed E-state index contributed by atoms with van der Waals surface area (Å²) in [7, 11) is -3.07. The second-order valence-electron chi connectivity index (χ2n) is 4.60. The third kappa shape index (κ3) is 2.06. The molecule has 0 amide bonds. The van der Waals surface area contributed by atoms with Crippen molar-refractivity contribution < 1.29 is 18.3 Å². The Labute approximate surface area is 112 Å². The minimum atomic E-state index is -3.07. The average molecular weight is 302 g/mol. The molecule has 1 saturated heterocycles. The first-order valence-corrected chi connectivity index (χ1v) is 8.32. The van der Waals surface area contributed by atoms with Crippen LogP contribution in [-0.4, -0.2) is 46.2 Å². The van der Waals surface area contributed by atoms with Gasteiger partial charge in [0.05, 0.1) is 17.1 Å². The summed E-state index contributed by atoms with van der Waals surface area (Å²) in [6.07, 6.45) is 0.393. The van der Waals surface area contributed by atoms with Crippen LogP contribution in [0.15, 0.2) is 9.82 Å². The van der Waals surface area contributed by atoms with Crippen LogP contribution in [0.1, 0.15) is 28.5 Å². The highest BCUT2D eigenvalue weighted by Crippen LogP contribution is 2.47. The maximum atomic E-state index is 11.9. The van der Waals surface area contributed by atoms with Crippen molar-refractivity contribution in [1.82, 2.24) is 9.97 Å². The van der Waals surface area contributed by atoms with Crippen LogP contribution >= 0.6 is 11.8 Å². The normalized spacial score (nSPS) is 27.6. The molecule has 0 aliphatic carbocycles. The smallest absolute Gasteiger partial charge is 0.372 e. The van der Waals surface area contributed by atoms with Crippen molar-refractivity contribution in [2.24, 2.45) is 0 Å². The number of thioether (sulfide) groups is 1. The van der Waals surface area contributed by atoms with E-state index in [9.17, 15) is 18.0 Å². The van der Waals surface area contributed by atoms with Gasteiger partial charge in [-0.1, -0.05) is 0 Å². The van der Waals surface area contributed by atoms with E-state index in [0.717, 1.165) is 0 Å². The first-order valence-electron chi connectivity index (χ1n) is 5.62. The molecule has 19 heavy (non-hydrogen) atoms. The summed E-state index contributed by atoms with van der Waals surface area (Å²) < 4.78 is 23.2.